The minimum Gasteiger partial charge on any atom is -0.354 e. The third-order valence-corrected chi connectivity index (χ3v) is 5.57. The van der Waals surface area contributed by atoms with Crippen LogP contribution in [0.3, 0.4) is 0 Å². The van der Waals surface area contributed by atoms with Crippen LogP contribution in [0.1, 0.15) is 37.7 Å². The molecule has 4 nitrogen and oxygen atoms in total. The van der Waals surface area contributed by atoms with Gasteiger partial charge in [-0.05, 0) is 31.9 Å². The minimum atomic E-state index is 0.204. The predicted octanol–water partition coefficient (Wildman–Crippen LogP) is 4.71. The molecule has 0 bridgehead atoms. The van der Waals surface area contributed by atoms with Crippen molar-refractivity contribution in [1.82, 2.24) is 14.9 Å². The van der Waals surface area contributed by atoms with Gasteiger partial charge in [0.05, 0.1) is 11.0 Å². The molecule has 0 atom stereocenters. The van der Waals surface area contributed by atoms with Crippen molar-refractivity contribution in [3.63, 3.8) is 0 Å². The Bertz CT molecular complexity index is 920. The molecule has 3 aromatic rings. The summed E-state index contributed by atoms with van der Waals surface area (Å²) in [6.07, 6.45) is 5.71. The van der Waals surface area contributed by atoms with Crippen molar-refractivity contribution in [2.24, 2.45) is 5.92 Å². The molecule has 0 spiro atoms. The molecule has 0 aliphatic heterocycles. The summed E-state index contributed by atoms with van der Waals surface area (Å²) in [5, 5.41) is 3.16. The van der Waals surface area contributed by atoms with Gasteiger partial charge in [-0.1, -0.05) is 61.2 Å². The van der Waals surface area contributed by atoms with Gasteiger partial charge >= 0.3 is 0 Å². The van der Waals surface area contributed by atoms with Crippen molar-refractivity contribution in [3.8, 4) is 11.4 Å². The van der Waals surface area contributed by atoms with Gasteiger partial charge in [-0.25, -0.2) is 4.98 Å². The van der Waals surface area contributed by atoms with Crippen LogP contribution >= 0.6 is 0 Å². The van der Waals surface area contributed by atoms with Crippen molar-refractivity contribution in [3.05, 3.63) is 54.1 Å². The zero-order valence-electron chi connectivity index (χ0n) is 15.9. The molecule has 1 amide bonds. The SMILES string of the molecule is Cc1ccc(-c2nc3ccccc3n2CCNC(=O)C2CCCCC2)cc1. The van der Waals surface area contributed by atoms with E-state index in [0.29, 0.717) is 6.54 Å². The first-order valence-corrected chi connectivity index (χ1v) is 10.0. The molecule has 1 N–H and O–H groups in total. The Labute approximate surface area is 160 Å². The number of imidazole rings is 1. The number of carbonyl (C=O) groups is 1. The molecule has 1 fully saturated rings. The van der Waals surface area contributed by atoms with Gasteiger partial charge in [-0.2, -0.15) is 0 Å². The standard InChI is InChI=1S/C23H27N3O/c1-17-11-13-18(14-12-17)22-25-20-9-5-6-10-21(20)26(22)16-15-24-23(27)19-7-3-2-4-8-19/h5-6,9-14,19H,2-4,7-8,15-16H2,1H3,(H,24,27). The van der Waals surface area contributed by atoms with E-state index in [4.69, 9.17) is 4.98 Å². The fourth-order valence-corrected chi connectivity index (χ4v) is 4.02. The van der Waals surface area contributed by atoms with Gasteiger partial charge in [-0.3, -0.25) is 4.79 Å². The van der Waals surface area contributed by atoms with Gasteiger partial charge in [0.25, 0.3) is 0 Å². The fraction of sp³-hybridized carbons (Fsp3) is 0.391. The smallest absolute Gasteiger partial charge is 0.223 e. The van der Waals surface area contributed by atoms with E-state index in [1.54, 1.807) is 0 Å². The van der Waals surface area contributed by atoms with E-state index in [-0.39, 0.29) is 11.8 Å². The molecule has 1 saturated carbocycles. The molecule has 0 unspecified atom stereocenters. The summed E-state index contributed by atoms with van der Waals surface area (Å²) in [4.78, 5) is 17.3. The molecule has 4 heteroatoms. The Morgan fingerprint density at radius 1 is 1.07 bits per heavy atom. The lowest BCUT2D eigenvalue weighted by Gasteiger charge is -2.21. The average molecular weight is 361 g/mol. The van der Waals surface area contributed by atoms with Crippen molar-refractivity contribution in [1.29, 1.82) is 0 Å². The van der Waals surface area contributed by atoms with E-state index >= 15 is 0 Å². The summed E-state index contributed by atoms with van der Waals surface area (Å²) < 4.78 is 2.22. The molecule has 4 rings (SSSR count). The highest BCUT2D eigenvalue weighted by Gasteiger charge is 2.20. The van der Waals surface area contributed by atoms with E-state index < -0.39 is 0 Å². The number of carbonyl (C=O) groups excluding carboxylic acids is 1. The zero-order valence-corrected chi connectivity index (χ0v) is 15.9. The van der Waals surface area contributed by atoms with Crippen LogP contribution in [0.5, 0.6) is 0 Å². The first-order valence-electron chi connectivity index (χ1n) is 10.0. The Morgan fingerprint density at radius 2 is 1.81 bits per heavy atom. The number of rotatable bonds is 5. The number of hydrogen-bond acceptors (Lipinski definition) is 2. The molecule has 1 heterocycles. The van der Waals surface area contributed by atoms with E-state index in [2.05, 4.69) is 47.1 Å². The number of aryl methyl sites for hydroxylation is 1. The largest absolute Gasteiger partial charge is 0.354 e. The molecule has 1 aliphatic carbocycles. The van der Waals surface area contributed by atoms with E-state index in [9.17, 15) is 4.79 Å². The first-order chi connectivity index (χ1) is 13.2. The molecule has 1 aromatic heterocycles. The monoisotopic (exact) mass is 361 g/mol. The average Bonchev–Trinajstić information content (AvgIpc) is 3.08. The number of amides is 1. The van der Waals surface area contributed by atoms with Crippen LogP contribution in [0.4, 0.5) is 0 Å². The van der Waals surface area contributed by atoms with Crippen LogP contribution < -0.4 is 5.32 Å². The Morgan fingerprint density at radius 3 is 2.59 bits per heavy atom. The Hall–Kier alpha value is -2.62. The van der Waals surface area contributed by atoms with Crippen LogP contribution in [0.25, 0.3) is 22.4 Å². The first kappa shape index (κ1) is 17.8. The van der Waals surface area contributed by atoms with Gasteiger partial charge in [0.2, 0.25) is 5.91 Å². The zero-order chi connectivity index (χ0) is 18.6. The van der Waals surface area contributed by atoms with Crippen molar-refractivity contribution < 1.29 is 4.79 Å². The molecular weight excluding hydrogens is 334 g/mol. The highest BCUT2D eigenvalue weighted by molar-refractivity contribution is 5.81. The number of para-hydroxylation sites is 2. The topological polar surface area (TPSA) is 46.9 Å². The third-order valence-electron chi connectivity index (χ3n) is 5.57. The normalized spacial score (nSPS) is 15.1. The number of aromatic nitrogens is 2. The van der Waals surface area contributed by atoms with Crippen LogP contribution in [0.2, 0.25) is 0 Å². The summed E-state index contributed by atoms with van der Waals surface area (Å²) in [6.45, 7) is 3.45. The lowest BCUT2D eigenvalue weighted by atomic mass is 9.89. The maximum absolute atomic E-state index is 12.4. The number of nitrogens with one attached hydrogen (secondary N) is 1. The lowest BCUT2D eigenvalue weighted by Crippen LogP contribution is -2.34. The van der Waals surface area contributed by atoms with Gasteiger partial charge in [-0.15, -0.1) is 0 Å². The van der Waals surface area contributed by atoms with Gasteiger partial charge in [0, 0.05) is 24.6 Å². The number of fused-ring (bicyclic) bond motifs is 1. The van der Waals surface area contributed by atoms with Crippen LogP contribution in [-0.2, 0) is 11.3 Å². The van der Waals surface area contributed by atoms with Crippen LogP contribution in [-0.4, -0.2) is 22.0 Å². The van der Waals surface area contributed by atoms with Gasteiger partial charge in [0.1, 0.15) is 5.82 Å². The number of nitrogens with zero attached hydrogens (tertiary/aromatic N) is 2. The maximum Gasteiger partial charge on any atom is 0.223 e. The van der Waals surface area contributed by atoms with Crippen molar-refractivity contribution in [2.45, 2.75) is 45.6 Å². The van der Waals surface area contributed by atoms with Crippen LogP contribution in [0, 0.1) is 12.8 Å². The molecule has 2 aromatic carbocycles. The maximum atomic E-state index is 12.4. The van der Waals surface area contributed by atoms with Crippen LogP contribution in [0.15, 0.2) is 48.5 Å². The van der Waals surface area contributed by atoms with Gasteiger partial charge in [0.15, 0.2) is 0 Å². The summed E-state index contributed by atoms with van der Waals surface area (Å²) in [7, 11) is 0. The number of benzene rings is 2. The minimum absolute atomic E-state index is 0.204. The van der Waals surface area contributed by atoms with E-state index in [1.807, 2.05) is 18.2 Å². The van der Waals surface area contributed by atoms with Gasteiger partial charge < -0.3 is 9.88 Å². The fourth-order valence-electron chi connectivity index (χ4n) is 4.02. The molecule has 140 valence electrons. The second-order valence-electron chi connectivity index (χ2n) is 7.57. The third kappa shape index (κ3) is 3.90. The van der Waals surface area contributed by atoms with Crippen molar-refractivity contribution in [2.75, 3.05) is 6.54 Å². The summed E-state index contributed by atoms with van der Waals surface area (Å²) >= 11 is 0. The quantitative estimate of drug-likeness (QED) is 0.715. The molecule has 0 saturated heterocycles. The second kappa shape index (κ2) is 7.95. The summed E-state index contributed by atoms with van der Waals surface area (Å²) in [6, 6.07) is 16.7. The Kier molecular flexibility index (Phi) is 5.23. The van der Waals surface area contributed by atoms with E-state index in [0.717, 1.165) is 41.8 Å². The lowest BCUT2D eigenvalue weighted by molar-refractivity contribution is -0.125. The molecule has 0 radical (unpaired) electrons. The highest BCUT2D eigenvalue weighted by Crippen LogP contribution is 2.26. The predicted molar refractivity (Wildman–Crippen MR) is 109 cm³/mol. The molecular formula is C23H27N3O. The molecule has 27 heavy (non-hydrogen) atoms. The van der Waals surface area contributed by atoms with Crippen molar-refractivity contribution >= 4 is 16.9 Å². The summed E-state index contributed by atoms with van der Waals surface area (Å²) in [5.41, 5.74) is 4.45. The molecule has 1 aliphatic rings. The number of hydrogen-bond donors (Lipinski definition) is 1. The van der Waals surface area contributed by atoms with E-state index in [1.165, 1.54) is 24.8 Å². The Balaban J connectivity index is 1.54. The second-order valence-corrected chi connectivity index (χ2v) is 7.57. The summed E-state index contributed by atoms with van der Waals surface area (Å²) in [5.74, 6) is 1.38. The highest BCUT2D eigenvalue weighted by atomic mass is 16.1.